The highest BCUT2D eigenvalue weighted by Gasteiger charge is 2.26. The molecule has 0 unspecified atom stereocenters. The number of nitrogens with zero attached hydrogens (tertiary/aromatic N) is 2. The minimum Gasteiger partial charge on any atom is -0.354 e. The van der Waals surface area contributed by atoms with Gasteiger partial charge >= 0.3 is 0 Å². The fourth-order valence-electron chi connectivity index (χ4n) is 3.72. The minimum atomic E-state index is -3.62. The molecule has 0 fully saturated rings. The summed E-state index contributed by atoms with van der Waals surface area (Å²) in [5, 5.41) is 2.89. The summed E-state index contributed by atoms with van der Waals surface area (Å²) >= 11 is 0. The number of carbonyl (C=O) groups is 2. The molecule has 35 heavy (non-hydrogen) atoms. The molecule has 2 aromatic rings. The minimum absolute atomic E-state index is 0.0693. The van der Waals surface area contributed by atoms with Crippen LogP contribution in [0.15, 0.2) is 54.6 Å². The summed E-state index contributed by atoms with van der Waals surface area (Å²) < 4.78 is 39.0. The first kappa shape index (κ1) is 28.3. The monoisotopic (exact) mass is 505 g/mol. The van der Waals surface area contributed by atoms with Crippen LogP contribution in [0, 0.1) is 5.82 Å². The number of nitrogens with one attached hydrogen (secondary N) is 1. The van der Waals surface area contributed by atoms with E-state index in [0.29, 0.717) is 25.2 Å². The Morgan fingerprint density at radius 3 is 2.26 bits per heavy atom. The number of hydrogen-bond acceptors (Lipinski definition) is 4. The van der Waals surface area contributed by atoms with Crippen molar-refractivity contribution in [2.75, 3.05) is 30.2 Å². The SMILES string of the molecule is CCCCNC(=O)[C@H](C)N(CCc1ccccc1)C(=O)CCCN(c1ccc(F)cc1)S(C)(=O)=O. The quantitative estimate of drug-likeness (QED) is 0.396. The lowest BCUT2D eigenvalue weighted by molar-refractivity contribution is -0.139. The first-order valence-electron chi connectivity index (χ1n) is 12.0. The van der Waals surface area contributed by atoms with Crippen molar-refractivity contribution in [1.29, 1.82) is 0 Å². The van der Waals surface area contributed by atoms with Crippen LogP contribution >= 0.6 is 0 Å². The molecule has 2 amide bonds. The van der Waals surface area contributed by atoms with Crippen LogP contribution in [0.5, 0.6) is 0 Å². The Hall–Kier alpha value is -2.94. The van der Waals surface area contributed by atoms with Crippen LogP contribution in [-0.2, 0) is 26.0 Å². The van der Waals surface area contributed by atoms with E-state index in [9.17, 15) is 22.4 Å². The van der Waals surface area contributed by atoms with Gasteiger partial charge in [-0.3, -0.25) is 13.9 Å². The molecule has 192 valence electrons. The zero-order valence-corrected chi connectivity index (χ0v) is 21.6. The molecule has 0 heterocycles. The first-order valence-corrected chi connectivity index (χ1v) is 13.8. The maximum absolute atomic E-state index is 13.3. The van der Waals surface area contributed by atoms with E-state index >= 15 is 0 Å². The van der Waals surface area contributed by atoms with Crippen molar-refractivity contribution in [3.05, 3.63) is 66.0 Å². The zero-order valence-electron chi connectivity index (χ0n) is 20.7. The lowest BCUT2D eigenvalue weighted by Gasteiger charge is -2.29. The van der Waals surface area contributed by atoms with Gasteiger partial charge in [-0.05, 0) is 56.0 Å². The number of rotatable bonds is 14. The largest absolute Gasteiger partial charge is 0.354 e. The maximum atomic E-state index is 13.3. The molecule has 0 aliphatic rings. The van der Waals surface area contributed by atoms with Crippen molar-refractivity contribution in [3.63, 3.8) is 0 Å². The van der Waals surface area contributed by atoms with Crippen LogP contribution in [0.25, 0.3) is 0 Å². The smallest absolute Gasteiger partial charge is 0.242 e. The van der Waals surface area contributed by atoms with Crippen molar-refractivity contribution >= 4 is 27.5 Å². The molecule has 0 saturated heterocycles. The van der Waals surface area contributed by atoms with Crippen molar-refractivity contribution in [2.45, 2.75) is 52.0 Å². The Labute approximate surface area is 208 Å². The summed E-state index contributed by atoms with van der Waals surface area (Å²) in [5.74, 6) is -0.881. The normalized spacial score (nSPS) is 12.1. The Kier molecular flexibility index (Phi) is 11.2. The van der Waals surface area contributed by atoms with Gasteiger partial charge in [0.15, 0.2) is 0 Å². The summed E-state index contributed by atoms with van der Waals surface area (Å²) in [4.78, 5) is 27.4. The van der Waals surface area contributed by atoms with Crippen LogP contribution in [0.3, 0.4) is 0 Å². The summed E-state index contributed by atoms with van der Waals surface area (Å²) in [7, 11) is -3.62. The molecule has 0 aliphatic carbocycles. The number of benzene rings is 2. The topological polar surface area (TPSA) is 86.8 Å². The van der Waals surface area contributed by atoms with Crippen molar-refractivity contribution < 1.29 is 22.4 Å². The van der Waals surface area contributed by atoms with Crippen molar-refractivity contribution in [2.24, 2.45) is 0 Å². The molecule has 0 saturated carbocycles. The Bertz CT molecular complexity index is 1050. The Morgan fingerprint density at radius 1 is 1.00 bits per heavy atom. The second-order valence-corrected chi connectivity index (χ2v) is 10.5. The molecule has 2 rings (SSSR count). The van der Waals surface area contributed by atoms with Crippen LogP contribution in [-0.4, -0.2) is 57.1 Å². The third kappa shape index (κ3) is 9.32. The highest BCUT2D eigenvalue weighted by molar-refractivity contribution is 7.92. The predicted octanol–water partition coefficient (Wildman–Crippen LogP) is 3.75. The summed E-state index contributed by atoms with van der Waals surface area (Å²) in [6.45, 7) is 4.75. The van der Waals surface area contributed by atoms with E-state index in [1.807, 2.05) is 37.3 Å². The van der Waals surface area contributed by atoms with Gasteiger partial charge in [0.25, 0.3) is 0 Å². The fraction of sp³-hybridized carbons (Fsp3) is 0.462. The molecule has 0 aliphatic heterocycles. The number of sulfonamides is 1. The molecular weight excluding hydrogens is 469 g/mol. The van der Waals surface area contributed by atoms with Crippen LogP contribution in [0.4, 0.5) is 10.1 Å². The molecule has 0 spiro atoms. The van der Waals surface area contributed by atoms with Crippen molar-refractivity contribution in [1.82, 2.24) is 10.2 Å². The second kappa shape index (κ2) is 13.8. The van der Waals surface area contributed by atoms with Gasteiger partial charge in [0, 0.05) is 26.1 Å². The van der Waals surface area contributed by atoms with E-state index in [-0.39, 0.29) is 31.2 Å². The number of amides is 2. The number of unbranched alkanes of at least 4 members (excludes halogenated alkanes) is 1. The van der Waals surface area contributed by atoms with E-state index in [1.165, 1.54) is 24.3 Å². The molecule has 1 N–H and O–H groups in total. The molecule has 0 aromatic heterocycles. The lowest BCUT2D eigenvalue weighted by atomic mass is 10.1. The Morgan fingerprint density at radius 2 is 1.66 bits per heavy atom. The molecule has 7 nitrogen and oxygen atoms in total. The van der Waals surface area contributed by atoms with Gasteiger partial charge in [-0.25, -0.2) is 12.8 Å². The van der Waals surface area contributed by atoms with Gasteiger partial charge in [0.1, 0.15) is 11.9 Å². The molecule has 1 atom stereocenters. The lowest BCUT2D eigenvalue weighted by Crippen LogP contribution is -2.49. The molecule has 0 radical (unpaired) electrons. The van der Waals surface area contributed by atoms with Gasteiger partial charge in [-0.2, -0.15) is 0 Å². The number of anilines is 1. The predicted molar refractivity (Wildman–Crippen MR) is 137 cm³/mol. The van der Waals surface area contributed by atoms with Crippen LogP contribution in [0.2, 0.25) is 0 Å². The number of hydrogen-bond donors (Lipinski definition) is 1. The zero-order chi connectivity index (χ0) is 25.8. The standard InChI is InChI=1S/C26H36FN3O4S/c1-4-5-18-28-26(32)21(2)29(20-17-22-10-7-6-8-11-22)25(31)12-9-19-30(35(3,33)34)24-15-13-23(27)14-16-24/h6-8,10-11,13-16,21H,4-5,9,12,17-20H2,1-3H3,(H,28,32)/t21-/m0/s1. The maximum Gasteiger partial charge on any atom is 0.242 e. The molecular formula is C26H36FN3O4S. The third-order valence-electron chi connectivity index (χ3n) is 5.75. The van der Waals surface area contributed by atoms with Gasteiger partial charge in [0.05, 0.1) is 11.9 Å². The molecule has 0 bridgehead atoms. The summed E-state index contributed by atoms with van der Waals surface area (Å²) in [6.07, 6.45) is 3.83. The number of halogens is 1. The summed E-state index contributed by atoms with van der Waals surface area (Å²) in [6, 6.07) is 14.3. The fourth-order valence-corrected chi connectivity index (χ4v) is 4.68. The average molecular weight is 506 g/mol. The van der Waals surface area contributed by atoms with Gasteiger partial charge in [-0.15, -0.1) is 0 Å². The van der Waals surface area contributed by atoms with Gasteiger partial charge in [-0.1, -0.05) is 43.7 Å². The van der Waals surface area contributed by atoms with Crippen LogP contribution in [0.1, 0.15) is 45.1 Å². The first-order chi connectivity index (χ1) is 16.6. The van der Waals surface area contributed by atoms with E-state index in [1.54, 1.807) is 11.8 Å². The highest BCUT2D eigenvalue weighted by atomic mass is 32.2. The average Bonchev–Trinajstić information content (AvgIpc) is 2.82. The second-order valence-electron chi connectivity index (χ2n) is 8.56. The molecule has 2 aromatic carbocycles. The summed E-state index contributed by atoms with van der Waals surface area (Å²) in [5.41, 5.74) is 1.40. The van der Waals surface area contributed by atoms with E-state index in [2.05, 4.69) is 5.32 Å². The number of carbonyl (C=O) groups excluding carboxylic acids is 2. The highest BCUT2D eigenvalue weighted by Crippen LogP contribution is 2.19. The van der Waals surface area contributed by atoms with Gasteiger partial charge in [0.2, 0.25) is 21.8 Å². The van der Waals surface area contributed by atoms with Gasteiger partial charge < -0.3 is 10.2 Å². The van der Waals surface area contributed by atoms with Crippen molar-refractivity contribution in [3.8, 4) is 0 Å². The van der Waals surface area contributed by atoms with E-state index in [4.69, 9.17) is 0 Å². The van der Waals surface area contributed by atoms with E-state index < -0.39 is 21.9 Å². The van der Waals surface area contributed by atoms with E-state index in [0.717, 1.165) is 29.0 Å². The Balaban J connectivity index is 2.07. The van der Waals surface area contributed by atoms with Crippen LogP contribution < -0.4 is 9.62 Å². The molecule has 9 heteroatoms. The third-order valence-corrected chi connectivity index (χ3v) is 6.94.